The topological polar surface area (TPSA) is 209 Å². The highest BCUT2D eigenvalue weighted by Crippen LogP contribution is 2.51. The molecule has 1 aromatic rings. The van der Waals surface area contributed by atoms with E-state index >= 15 is 0 Å². The fraction of sp³-hybridized carbons (Fsp3) is 0.586. The number of β-lactam (4-membered cyclic amide) rings is 2. The minimum atomic E-state index is -3.82. The van der Waals surface area contributed by atoms with Crippen LogP contribution in [0.5, 0.6) is 5.75 Å². The molecule has 3 N–H and O–H groups in total. The minimum Gasteiger partial charge on any atom is -0.426 e. The van der Waals surface area contributed by atoms with Gasteiger partial charge in [-0.15, -0.1) is 24.2 Å². The summed E-state index contributed by atoms with van der Waals surface area (Å²) in [5, 5.41) is 0.957. The molecule has 0 aromatic heterocycles. The Hall–Kier alpha value is -3.41. The van der Waals surface area contributed by atoms with Crippen LogP contribution in [0.15, 0.2) is 24.3 Å². The molecule has 0 aliphatic carbocycles. The zero-order valence-electron chi connectivity index (χ0n) is 26.5. The maximum atomic E-state index is 13.2. The maximum absolute atomic E-state index is 13.2. The summed E-state index contributed by atoms with van der Waals surface area (Å²) in [6.45, 7) is 8.67. The first-order chi connectivity index (χ1) is 21.3. The van der Waals surface area contributed by atoms with Crippen LogP contribution < -0.4 is 15.8 Å². The number of carbonyl (C=O) groups is 6. The number of thioether (sulfide) groups is 1. The molecular formula is C29H37ClN4O11S2. The van der Waals surface area contributed by atoms with Crippen LogP contribution in [0.1, 0.15) is 59.6 Å². The number of hydrogen-bond acceptors (Lipinski definition) is 13. The third kappa shape index (κ3) is 5.95. The van der Waals surface area contributed by atoms with Gasteiger partial charge in [0.25, 0.3) is 0 Å². The predicted octanol–water partition coefficient (Wildman–Crippen LogP) is 0.395. The molecule has 5 rings (SSSR count). The molecule has 0 bridgehead atoms. The molecule has 6 atom stereocenters. The molecule has 4 fully saturated rings. The van der Waals surface area contributed by atoms with Crippen molar-refractivity contribution in [3.8, 4) is 5.75 Å². The summed E-state index contributed by atoms with van der Waals surface area (Å²) in [4.78, 5) is 78.3. The number of benzene rings is 1. The summed E-state index contributed by atoms with van der Waals surface area (Å²) in [5.41, 5.74) is 6.56. The molecule has 47 heavy (non-hydrogen) atoms. The van der Waals surface area contributed by atoms with E-state index in [2.05, 4.69) is 5.32 Å². The number of fused-ring (bicyclic) bond motifs is 2. The van der Waals surface area contributed by atoms with Gasteiger partial charge >= 0.3 is 17.9 Å². The molecule has 18 heteroatoms. The number of sulfone groups is 1. The lowest BCUT2D eigenvalue weighted by Gasteiger charge is -2.44. The Morgan fingerprint density at radius 1 is 1.00 bits per heavy atom. The number of amides is 3. The largest absolute Gasteiger partial charge is 0.426 e. The third-order valence-corrected chi connectivity index (χ3v) is 13.1. The molecule has 4 heterocycles. The van der Waals surface area contributed by atoms with Gasteiger partial charge in [0.2, 0.25) is 24.5 Å². The van der Waals surface area contributed by atoms with E-state index in [9.17, 15) is 37.2 Å². The minimum absolute atomic E-state index is 0. The first kappa shape index (κ1) is 36.4. The molecule has 0 saturated carbocycles. The van der Waals surface area contributed by atoms with Crippen LogP contribution in [0.3, 0.4) is 0 Å². The van der Waals surface area contributed by atoms with Crippen molar-refractivity contribution in [3.63, 3.8) is 0 Å². The van der Waals surface area contributed by atoms with E-state index in [-0.39, 0.29) is 24.7 Å². The molecule has 1 unspecified atom stereocenters. The van der Waals surface area contributed by atoms with Crippen LogP contribution in [0, 0.1) is 5.92 Å². The van der Waals surface area contributed by atoms with E-state index in [4.69, 9.17) is 19.9 Å². The van der Waals surface area contributed by atoms with Gasteiger partial charge in [0.1, 0.15) is 40.7 Å². The Morgan fingerprint density at radius 3 is 2.13 bits per heavy atom. The fourth-order valence-corrected chi connectivity index (χ4v) is 9.75. The number of halogens is 1. The van der Waals surface area contributed by atoms with Gasteiger partial charge in [-0.05, 0) is 45.4 Å². The van der Waals surface area contributed by atoms with Crippen molar-refractivity contribution in [3.05, 3.63) is 29.8 Å². The van der Waals surface area contributed by atoms with E-state index in [0.29, 0.717) is 11.3 Å². The zero-order chi connectivity index (χ0) is 34.1. The molecule has 258 valence electrons. The molecule has 1 aromatic carbocycles. The van der Waals surface area contributed by atoms with Crippen molar-refractivity contribution >= 4 is 69.6 Å². The SMILES string of the molecule is CC(C)C(=O)Oc1ccc(C(N)C(=O)N[C@@H]2C(=O)N3[C@@H]2SC(C)(C)[C@@H]3C(=O)OCOC(=O)[C@@H]2N3C(=O)C[C@H]3S(=O)(=O)C2(C)C)cc1.Cl. The van der Waals surface area contributed by atoms with Gasteiger partial charge in [0.05, 0.1) is 17.1 Å². The number of esters is 3. The van der Waals surface area contributed by atoms with E-state index in [1.807, 2.05) is 0 Å². The van der Waals surface area contributed by atoms with Gasteiger partial charge in [-0.25, -0.2) is 18.0 Å². The highest BCUT2D eigenvalue weighted by atomic mass is 35.5. The number of hydrogen-bond donors (Lipinski definition) is 2. The molecule has 0 radical (unpaired) electrons. The Labute approximate surface area is 281 Å². The van der Waals surface area contributed by atoms with E-state index in [1.54, 1.807) is 39.8 Å². The first-order valence-corrected chi connectivity index (χ1v) is 17.0. The van der Waals surface area contributed by atoms with Gasteiger partial charge in [-0.2, -0.15) is 0 Å². The first-order valence-electron chi connectivity index (χ1n) is 14.6. The lowest BCUT2D eigenvalue weighted by Crippen LogP contribution is -2.71. The summed E-state index contributed by atoms with van der Waals surface area (Å²) < 4.78 is 38.6. The van der Waals surface area contributed by atoms with Crippen molar-refractivity contribution in [1.82, 2.24) is 15.1 Å². The number of nitrogens with zero attached hydrogens (tertiary/aromatic N) is 2. The van der Waals surface area contributed by atoms with E-state index in [0.717, 1.165) is 4.90 Å². The van der Waals surface area contributed by atoms with Gasteiger partial charge in [0, 0.05) is 4.75 Å². The molecule has 4 saturated heterocycles. The number of ether oxygens (including phenoxy) is 3. The Morgan fingerprint density at radius 2 is 1.57 bits per heavy atom. The summed E-state index contributed by atoms with van der Waals surface area (Å²) in [6.07, 6.45) is -0.207. The van der Waals surface area contributed by atoms with Crippen LogP contribution >= 0.6 is 24.2 Å². The normalized spacial score (nSPS) is 28.1. The van der Waals surface area contributed by atoms with Crippen LogP contribution in [0.2, 0.25) is 0 Å². The third-order valence-electron chi connectivity index (χ3n) is 8.77. The number of rotatable bonds is 9. The average Bonchev–Trinajstić information content (AvgIpc) is 3.30. The molecule has 3 amide bonds. The summed E-state index contributed by atoms with van der Waals surface area (Å²) in [5.74, 6) is -3.96. The number of carbonyl (C=O) groups excluding carboxylic acids is 6. The fourth-order valence-electron chi connectivity index (χ4n) is 6.01. The highest BCUT2D eigenvalue weighted by molar-refractivity contribution is 8.01. The van der Waals surface area contributed by atoms with Crippen LogP contribution in [-0.2, 0) is 48.1 Å². The average molecular weight is 717 g/mol. The van der Waals surface area contributed by atoms with Crippen LogP contribution in [0.25, 0.3) is 0 Å². The van der Waals surface area contributed by atoms with Crippen molar-refractivity contribution in [2.75, 3.05) is 6.79 Å². The van der Waals surface area contributed by atoms with Gasteiger partial charge in [-0.3, -0.25) is 19.2 Å². The maximum Gasteiger partial charge on any atom is 0.333 e. The lowest BCUT2D eigenvalue weighted by molar-refractivity contribution is -0.181. The second-order valence-electron chi connectivity index (χ2n) is 12.9. The molecular weight excluding hydrogens is 680 g/mol. The molecule has 4 aliphatic heterocycles. The van der Waals surface area contributed by atoms with Gasteiger partial charge in [-0.1, -0.05) is 26.0 Å². The molecule has 0 spiro atoms. The van der Waals surface area contributed by atoms with Crippen molar-refractivity contribution in [2.24, 2.45) is 11.7 Å². The van der Waals surface area contributed by atoms with Gasteiger partial charge < -0.3 is 35.1 Å². The second-order valence-corrected chi connectivity index (χ2v) is 17.4. The number of nitrogens with one attached hydrogen (secondary N) is 1. The van der Waals surface area contributed by atoms with Crippen molar-refractivity contribution in [2.45, 2.75) is 92.4 Å². The van der Waals surface area contributed by atoms with Gasteiger partial charge in [0.15, 0.2) is 9.84 Å². The second kappa shape index (κ2) is 12.6. The summed E-state index contributed by atoms with van der Waals surface area (Å²) in [6, 6.07) is 1.55. The monoisotopic (exact) mass is 716 g/mol. The summed E-state index contributed by atoms with van der Waals surface area (Å²) >= 11 is 1.27. The number of nitrogens with two attached hydrogens (primary N) is 1. The van der Waals surface area contributed by atoms with E-state index in [1.165, 1.54) is 42.6 Å². The molecule has 4 aliphatic rings. The molecule has 15 nitrogen and oxygen atoms in total. The van der Waals surface area contributed by atoms with E-state index < -0.39 is 96.7 Å². The smallest absolute Gasteiger partial charge is 0.333 e. The highest BCUT2D eigenvalue weighted by Gasteiger charge is 2.68. The van der Waals surface area contributed by atoms with Crippen LogP contribution in [0.4, 0.5) is 0 Å². The predicted molar refractivity (Wildman–Crippen MR) is 168 cm³/mol. The Kier molecular flexibility index (Phi) is 9.73. The quantitative estimate of drug-likeness (QED) is 0.154. The van der Waals surface area contributed by atoms with Crippen molar-refractivity contribution in [1.29, 1.82) is 0 Å². The lowest BCUT2D eigenvalue weighted by atomic mass is 9.95. The Balaban J connectivity index is 0.00000500. The standard InChI is InChI=1S/C29H36N4O11S2.ClH/c1-13(2)25(37)44-15-9-7-14(8-10-15)18(30)22(35)31-19-23(36)33-20(28(3,4)45-24(19)33)26(38)42-12-43-27(39)21-29(5,6)46(40,41)17-11-16(34)32(17)21;/h7-10,13,17-21,24H,11-12,30H2,1-6H3,(H,31,35);1H/t17-,18?,19-,20+,21+,24-;/m1./s1. The Bertz CT molecular complexity index is 1620. The van der Waals surface area contributed by atoms with Crippen LogP contribution in [-0.4, -0.2) is 99.0 Å². The zero-order valence-corrected chi connectivity index (χ0v) is 28.9. The van der Waals surface area contributed by atoms with Crippen molar-refractivity contribution < 1.29 is 51.4 Å². The summed E-state index contributed by atoms with van der Waals surface area (Å²) in [7, 11) is -3.82.